The second-order valence-electron chi connectivity index (χ2n) is 6.14. The first-order valence-corrected chi connectivity index (χ1v) is 9.56. The minimum absolute atomic E-state index is 0.0850. The SMILES string of the molecule is COc1ccccc1C1=C(SCCO)C(=O)N(c2cccc(C)c2C)C1=O. The van der Waals surface area contributed by atoms with Crippen LogP contribution >= 0.6 is 11.8 Å². The van der Waals surface area contributed by atoms with Crippen LogP contribution in [0.4, 0.5) is 5.69 Å². The summed E-state index contributed by atoms with van der Waals surface area (Å²) in [5.74, 6) is 0.110. The molecule has 3 rings (SSSR count). The van der Waals surface area contributed by atoms with Crippen LogP contribution in [0.1, 0.15) is 16.7 Å². The van der Waals surface area contributed by atoms with Gasteiger partial charge in [0, 0.05) is 11.3 Å². The Balaban J connectivity index is 2.16. The summed E-state index contributed by atoms with van der Waals surface area (Å²) in [5, 5.41) is 9.22. The van der Waals surface area contributed by atoms with Crippen LogP contribution in [0, 0.1) is 13.8 Å². The molecule has 1 aliphatic heterocycles. The lowest BCUT2D eigenvalue weighted by atomic mass is 10.0. The Morgan fingerprint density at radius 3 is 2.48 bits per heavy atom. The van der Waals surface area contributed by atoms with Gasteiger partial charge in [-0.2, -0.15) is 0 Å². The molecule has 0 aromatic heterocycles. The quantitative estimate of drug-likeness (QED) is 0.775. The molecule has 0 bridgehead atoms. The average molecular weight is 383 g/mol. The van der Waals surface area contributed by atoms with Crippen LogP contribution in [0.3, 0.4) is 0 Å². The molecule has 2 aromatic carbocycles. The molecule has 1 N–H and O–H groups in total. The molecular weight excluding hydrogens is 362 g/mol. The highest BCUT2D eigenvalue weighted by molar-refractivity contribution is 8.04. The Hall–Kier alpha value is -2.57. The van der Waals surface area contributed by atoms with Crippen molar-refractivity contribution in [2.24, 2.45) is 0 Å². The minimum atomic E-state index is -0.376. The van der Waals surface area contributed by atoms with E-state index >= 15 is 0 Å². The summed E-state index contributed by atoms with van der Waals surface area (Å²) in [6.07, 6.45) is 0. The van der Waals surface area contributed by atoms with Crippen molar-refractivity contribution in [2.45, 2.75) is 13.8 Å². The summed E-state index contributed by atoms with van der Waals surface area (Å²) < 4.78 is 5.40. The number of carbonyl (C=O) groups excluding carboxylic acids is 2. The van der Waals surface area contributed by atoms with E-state index < -0.39 is 0 Å². The standard InChI is InChI=1S/C21H21NO4S/c1-13-7-6-9-16(14(13)2)22-20(24)18(19(21(22)25)27-12-11-23)15-8-4-5-10-17(15)26-3/h4-10,23H,11-12H2,1-3H3. The maximum Gasteiger partial charge on any atom is 0.272 e. The Morgan fingerprint density at radius 2 is 1.78 bits per heavy atom. The van der Waals surface area contributed by atoms with E-state index in [2.05, 4.69) is 0 Å². The maximum atomic E-state index is 13.3. The predicted octanol–water partition coefficient (Wildman–Crippen LogP) is 3.32. The topological polar surface area (TPSA) is 66.8 Å². The number of aryl methyl sites for hydroxylation is 1. The lowest BCUT2D eigenvalue weighted by molar-refractivity contribution is -0.119. The van der Waals surface area contributed by atoms with E-state index in [4.69, 9.17) is 4.74 Å². The highest BCUT2D eigenvalue weighted by Gasteiger charge is 2.41. The van der Waals surface area contributed by atoms with Gasteiger partial charge in [0.05, 0.1) is 29.9 Å². The number of aliphatic hydroxyl groups is 1. The molecule has 0 aliphatic carbocycles. The number of imide groups is 1. The number of benzene rings is 2. The zero-order chi connectivity index (χ0) is 19.6. The predicted molar refractivity (Wildman–Crippen MR) is 108 cm³/mol. The van der Waals surface area contributed by atoms with Gasteiger partial charge in [0.25, 0.3) is 11.8 Å². The number of aliphatic hydroxyl groups excluding tert-OH is 1. The van der Waals surface area contributed by atoms with Crippen molar-refractivity contribution in [2.75, 3.05) is 24.4 Å². The molecule has 2 amide bonds. The van der Waals surface area contributed by atoms with Crippen LogP contribution in [0.2, 0.25) is 0 Å². The van der Waals surface area contributed by atoms with Crippen LogP contribution in [0.25, 0.3) is 5.57 Å². The maximum absolute atomic E-state index is 13.3. The summed E-state index contributed by atoms with van der Waals surface area (Å²) in [6.45, 7) is 3.75. The molecular formula is C21H21NO4S. The third kappa shape index (κ3) is 3.38. The highest BCUT2D eigenvalue weighted by Crippen LogP contribution is 2.41. The molecule has 0 spiro atoms. The first kappa shape index (κ1) is 19.2. The molecule has 2 aromatic rings. The zero-order valence-corrected chi connectivity index (χ0v) is 16.3. The molecule has 0 atom stereocenters. The average Bonchev–Trinajstić information content (AvgIpc) is 2.92. The lowest BCUT2D eigenvalue weighted by Crippen LogP contribution is -2.32. The van der Waals surface area contributed by atoms with Crippen molar-refractivity contribution in [3.05, 3.63) is 64.1 Å². The van der Waals surface area contributed by atoms with Crippen molar-refractivity contribution in [1.29, 1.82) is 0 Å². The Bertz CT molecular complexity index is 936. The molecule has 0 fully saturated rings. The summed E-state index contributed by atoms with van der Waals surface area (Å²) in [7, 11) is 1.53. The fourth-order valence-electron chi connectivity index (χ4n) is 3.08. The van der Waals surface area contributed by atoms with Crippen molar-refractivity contribution < 1.29 is 19.4 Å². The van der Waals surface area contributed by atoms with Gasteiger partial charge >= 0.3 is 0 Å². The summed E-state index contributed by atoms with van der Waals surface area (Å²) in [4.78, 5) is 28.1. The van der Waals surface area contributed by atoms with Gasteiger partial charge in [-0.25, -0.2) is 4.90 Å². The third-order valence-corrected chi connectivity index (χ3v) is 5.63. The number of anilines is 1. The van der Waals surface area contributed by atoms with Gasteiger partial charge in [0.15, 0.2) is 0 Å². The Labute approximate surface area is 162 Å². The van der Waals surface area contributed by atoms with Gasteiger partial charge in [-0.1, -0.05) is 30.3 Å². The van der Waals surface area contributed by atoms with Gasteiger partial charge in [-0.3, -0.25) is 9.59 Å². The number of rotatable bonds is 6. The van der Waals surface area contributed by atoms with E-state index in [1.165, 1.54) is 23.8 Å². The fourth-order valence-corrected chi connectivity index (χ4v) is 3.93. The van der Waals surface area contributed by atoms with E-state index in [-0.39, 0.29) is 18.4 Å². The van der Waals surface area contributed by atoms with Crippen LogP contribution < -0.4 is 9.64 Å². The van der Waals surface area contributed by atoms with Gasteiger partial charge < -0.3 is 9.84 Å². The van der Waals surface area contributed by atoms with Crippen molar-refractivity contribution in [1.82, 2.24) is 0 Å². The molecule has 27 heavy (non-hydrogen) atoms. The van der Waals surface area contributed by atoms with Gasteiger partial charge in [-0.05, 0) is 37.1 Å². The van der Waals surface area contributed by atoms with Gasteiger partial charge in [0.1, 0.15) is 5.75 Å². The van der Waals surface area contributed by atoms with Gasteiger partial charge in [0.2, 0.25) is 0 Å². The first-order valence-electron chi connectivity index (χ1n) is 8.57. The van der Waals surface area contributed by atoms with Crippen molar-refractivity contribution in [3.8, 4) is 5.75 Å². The highest BCUT2D eigenvalue weighted by atomic mass is 32.2. The fraction of sp³-hybridized carbons (Fsp3) is 0.238. The molecule has 6 heteroatoms. The van der Waals surface area contributed by atoms with E-state index in [9.17, 15) is 14.7 Å². The number of carbonyl (C=O) groups is 2. The molecule has 0 radical (unpaired) electrons. The monoisotopic (exact) mass is 383 g/mol. The Kier molecular flexibility index (Phi) is 5.68. The number of nitrogens with zero attached hydrogens (tertiary/aromatic N) is 1. The van der Waals surface area contributed by atoms with E-state index in [1.807, 2.05) is 32.0 Å². The van der Waals surface area contributed by atoms with Crippen molar-refractivity contribution in [3.63, 3.8) is 0 Å². The third-order valence-electron chi connectivity index (χ3n) is 4.57. The number of amides is 2. The van der Waals surface area contributed by atoms with Crippen LogP contribution in [0.15, 0.2) is 47.4 Å². The van der Waals surface area contributed by atoms with Crippen LogP contribution in [-0.2, 0) is 9.59 Å². The summed E-state index contributed by atoms with van der Waals surface area (Å²) >= 11 is 1.19. The number of ether oxygens (including phenoxy) is 1. The second kappa shape index (κ2) is 7.98. The molecule has 5 nitrogen and oxygen atoms in total. The summed E-state index contributed by atoms with van der Waals surface area (Å²) in [6, 6.07) is 12.7. The molecule has 1 aliphatic rings. The largest absolute Gasteiger partial charge is 0.496 e. The van der Waals surface area contributed by atoms with Crippen LogP contribution in [-0.4, -0.2) is 36.4 Å². The number of hydrogen-bond acceptors (Lipinski definition) is 5. The molecule has 0 unspecified atom stereocenters. The molecule has 0 saturated heterocycles. The minimum Gasteiger partial charge on any atom is -0.496 e. The number of methoxy groups -OCH3 is 1. The first-order chi connectivity index (χ1) is 13.0. The molecule has 140 valence electrons. The van der Waals surface area contributed by atoms with Crippen LogP contribution in [0.5, 0.6) is 5.75 Å². The molecule has 0 saturated carbocycles. The number of hydrogen-bond donors (Lipinski definition) is 1. The number of para-hydroxylation sites is 1. The smallest absolute Gasteiger partial charge is 0.272 e. The van der Waals surface area contributed by atoms with Gasteiger partial charge in [-0.15, -0.1) is 11.8 Å². The summed E-state index contributed by atoms with van der Waals surface area (Å²) in [5.41, 5.74) is 3.36. The lowest BCUT2D eigenvalue weighted by Gasteiger charge is -2.19. The Morgan fingerprint density at radius 1 is 1.04 bits per heavy atom. The zero-order valence-electron chi connectivity index (χ0n) is 15.5. The van der Waals surface area contributed by atoms with E-state index in [0.717, 1.165) is 11.1 Å². The van der Waals surface area contributed by atoms with Crippen molar-refractivity contribution >= 4 is 34.8 Å². The molecule has 1 heterocycles. The second-order valence-corrected chi connectivity index (χ2v) is 7.25. The number of thioether (sulfide) groups is 1. The van der Waals surface area contributed by atoms with E-state index in [1.54, 1.807) is 24.3 Å². The normalized spacial score (nSPS) is 14.3. The van der Waals surface area contributed by atoms with E-state index in [0.29, 0.717) is 33.2 Å².